The molecule has 25 heavy (non-hydrogen) atoms. The van der Waals surface area contributed by atoms with E-state index in [1.165, 1.54) is 18.2 Å². The normalized spacial score (nSPS) is 16.1. The predicted octanol–water partition coefficient (Wildman–Crippen LogP) is 3.67. The summed E-state index contributed by atoms with van der Waals surface area (Å²) in [6.07, 6.45) is 2.33. The summed E-state index contributed by atoms with van der Waals surface area (Å²) in [6.45, 7) is 3.99. The maximum Gasteiger partial charge on any atom is 0.181 e. The molecule has 0 saturated heterocycles. The molecule has 5 heteroatoms. The molecule has 2 aromatic carbocycles. The number of hydrogen-bond donors (Lipinski definition) is 3. The lowest BCUT2D eigenvalue weighted by Crippen LogP contribution is -2.27. The molecule has 1 aliphatic rings. The lowest BCUT2D eigenvalue weighted by molar-refractivity contribution is 0.0891. The number of fused-ring (bicyclic) bond motifs is 1. The summed E-state index contributed by atoms with van der Waals surface area (Å²) in [5.74, 6) is -0.852. The fourth-order valence-electron chi connectivity index (χ4n) is 2.94. The number of Topliss-reactive ketones (excluding diaryl/α,β-unsaturated/α-hetero) is 1. The highest BCUT2D eigenvalue weighted by molar-refractivity contribution is 6.07. The first-order valence-corrected chi connectivity index (χ1v) is 8.05. The van der Waals surface area contributed by atoms with Crippen LogP contribution >= 0.6 is 0 Å². The minimum absolute atomic E-state index is 0.0929. The van der Waals surface area contributed by atoms with Crippen LogP contribution in [0.15, 0.2) is 42.0 Å². The van der Waals surface area contributed by atoms with E-state index in [-0.39, 0.29) is 41.0 Å². The minimum atomic E-state index is -0.570. The molecule has 0 amide bonds. The van der Waals surface area contributed by atoms with E-state index in [1.54, 1.807) is 12.1 Å². The van der Waals surface area contributed by atoms with E-state index < -0.39 is 5.92 Å². The quantitative estimate of drug-likeness (QED) is 0.742. The molecule has 0 aromatic heterocycles. The number of hydrogen-bond acceptors (Lipinski definition) is 5. The molecule has 2 aromatic rings. The molecule has 0 radical (unpaired) electrons. The molecule has 0 saturated carbocycles. The van der Waals surface area contributed by atoms with Crippen LogP contribution in [0.2, 0.25) is 0 Å². The summed E-state index contributed by atoms with van der Waals surface area (Å²) >= 11 is 0. The maximum atomic E-state index is 12.9. The molecule has 5 nitrogen and oxygen atoms in total. The van der Waals surface area contributed by atoms with E-state index in [0.717, 1.165) is 5.57 Å². The number of phenolic OH excluding ortho intramolecular Hbond substituents is 3. The Morgan fingerprint density at radius 2 is 1.84 bits per heavy atom. The predicted molar refractivity (Wildman–Crippen MR) is 93.6 cm³/mol. The summed E-state index contributed by atoms with van der Waals surface area (Å²) < 4.78 is 5.78. The molecular formula is C20H20O5. The van der Waals surface area contributed by atoms with Gasteiger partial charge in [-0.25, -0.2) is 0 Å². The molecule has 1 aliphatic heterocycles. The molecule has 1 heterocycles. The number of rotatable bonds is 3. The highest BCUT2D eigenvalue weighted by Crippen LogP contribution is 2.44. The number of aromatic hydroxyl groups is 3. The Labute approximate surface area is 145 Å². The molecule has 3 rings (SSSR count). The van der Waals surface area contributed by atoms with Crippen LogP contribution in [-0.2, 0) is 6.42 Å². The van der Waals surface area contributed by atoms with Crippen molar-refractivity contribution in [3.63, 3.8) is 0 Å². The van der Waals surface area contributed by atoms with E-state index in [9.17, 15) is 20.1 Å². The van der Waals surface area contributed by atoms with Gasteiger partial charge in [-0.2, -0.15) is 0 Å². The molecule has 0 fully saturated rings. The van der Waals surface area contributed by atoms with Crippen molar-refractivity contribution in [3.05, 3.63) is 58.7 Å². The van der Waals surface area contributed by atoms with Gasteiger partial charge in [-0.05, 0) is 38.0 Å². The first kappa shape index (κ1) is 16.9. The molecule has 0 bridgehead atoms. The third kappa shape index (κ3) is 3.18. The lowest BCUT2D eigenvalue weighted by atomic mass is 9.87. The number of phenols is 3. The van der Waals surface area contributed by atoms with Crippen molar-refractivity contribution in [1.82, 2.24) is 0 Å². The van der Waals surface area contributed by atoms with Gasteiger partial charge in [0.1, 0.15) is 35.2 Å². The Bertz CT molecular complexity index is 845. The molecule has 1 atom stereocenters. The Morgan fingerprint density at radius 3 is 2.48 bits per heavy atom. The average Bonchev–Trinajstić information content (AvgIpc) is 2.55. The van der Waals surface area contributed by atoms with Gasteiger partial charge in [0.2, 0.25) is 0 Å². The zero-order valence-electron chi connectivity index (χ0n) is 14.1. The van der Waals surface area contributed by atoms with E-state index in [4.69, 9.17) is 4.74 Å². The van der Waals surface area contributed by atoms with Gasteiger partial charge < -0.3 is 20.1 Å². The highest BCUT2D eigenvalue weighted by atomic mass is 16.5. The molecular weight excluding hydrogens is 320 g/mol. The summed E-state index contributed by atoms with van der Waals surface area (Å²) in [7, 11) is 0. The monoisotopic (exact) mass is 340 g/mol. The Hall–Kier alpha value is -2.95. The third-order valence-corrected chi connectivity index (χ3v) is 4.31. The standard InChI is InChI=1S/C20H20O5/c1-11(2)3-8-14-16(22)9-17(23)18-19(24)15(10-25-20(14)18)12-4-6-13(21)7-5-12/h3-7,9,15,21-23H,8,10H2,1-2H3. The average molecular weight is 340 g/mol. The Morgan fingerprint density at radius 1 is 1.16 bits per heavy atom. The number of ether oxygens (including phenoxy) is 1. The van der Waals surface area contributed by atoms with Gasteiger partial charge in [0.15, 0.2) is 5.78 Å². The van der Waals surface area contributed by atoms with Gasteiger partial charge in [0.25, 0.3) is 0 Å². The van der Waals surface area contributed by atoms with Crippen molar-refractivity contribution in [3.8, 4) is 23.0 Å². The zero-order chi connectivity index (χ0) is 18.1. The summed E-state index contributed by atoms with van der Waals surface area (Å²) in [5, 5.41) is 29.8. The molecule has 130 valence electrons. The second-order valence-electron chi connectivity index (χ2n) is 6.40. The van der Waals surface area contributed by atoms with Crippen LogP contribution in [0.25, 0.3) is 0 Å². The van der Waals surface area contributed by atoms with E-state index in [2.05, 4.69) is 0 Å². The van der Waals surface area contributed by atoms with Crippen molar-refractivity contribution in [2.45, 2.75) is 26.2 Å². The number of carbonyl (C=O) groups excluding carboxylic acids is 1. The van der Waals surface area contributed by atoms with E-state index in [1.807, 2.05) is 19.9 Å². The van der Waals surface area contributed by atoms with Crippen molar-refractivity contribution < 1.29 is 24.9 Å². The fraction of sp³-hybridized carbons (Fsp3) is 0.250. The van der Waals surface area contributed by atoms with Gasteiger partial charge >= 0.3 is 0 Å². The second-order valence-corrected chi connectivity index (χ2v) is 6.40. The van der Waals surface area contributed by atoms with Crippen molar-refractivity contribution >= 4 is 5.78 Å². The van der Waals surface area contributed by atoms with Crippen LogP contribution in [-0.4, -0.2) is 27.7 Å². The smallest absolute Gasteiger partial charge is 0.181 e. The Kier molecular flexibility index (Phi) is 4.40. The number of benzene rings is 2. The molecule has 3 N–H and O–H groups in total. The molecule has 0 aliphatic carbocycles. The van der Waals surface area contributed by atoms with Gasteiger partial charge in [0.05, 0.1) is 5.92 Å². The number of carbonyl (C=O) groups is 1. The van der Waals surface area contributed by atoms with Gasteiger partial charge in [0, 0.05) is 11.6 Å². The van der Waals surface area contributed by atoms with Gasteiger partial charge in [-0.15, -0.1) is 0 Å². The molecule has 1 unspecified atom stereocenters. The van der Waals surface area contributed by atoms with Crippen LogP contribution in [0.4, 0.5) is 0 Å². The van der Waals surface area contributed by atoms with Crippen LogP contribution < -0.4 is 4.74 Å². The minimum Gasteiger partial charge on any atom is -0.508 e. The van der Waals surface area contributed by atoms with Gasteiger partial charge in [-0.3, -0.25) is 4.79 Å². The molecule has 0 spiro atoms. The van der Waals surface area contributed by atoms with Crippen LogP contribution in [0, 0.1) is 0 Å². The van der Waals surface area contributed by atoms with Crippen molar-refractivity contribution in [1.29, 1.82) is 0 Å². The van der Waals surface area contributed by atoms with Gasteiger partial charge in [-0.1, -0.05) is 23.8 Å². The summed E-state index contributed by atoms with van der Waals surface area (Å²) in [6, 6.07) is 7.53. The number of ketones is 1. The van der Waals surface area contributed by atoms with Crippen LogP contribution in [0.3, 0.4) is 0 Å². The second kappa shape index (κ2) is 6.51. The maximum absolute atomic E-state index is 12.9. The lowest BCUT2D eigenvalue weighted by Gasteiger charge is -2.27. The largest absolute Gasteiger partial charge is 0.508 e. The third-order valence-electron chi connectivity index (χ3n) is 4.31. The summed E-state index contributed by atoms with van der Waals surface area (Å²) in [4.78, 5) is 12.9. The van der Waals surface area contributed by atoms with E-state index in [0.29, 0.717) is 17.5 Å². The van der Waals surface area contributed by atoms with Crippen LogP contribution in [0.5, 0.6) is 23.0 Å². The Balaban J connectivity index is 2.04. The topological polar surface area (TPSA) is 87.0 Å². The summed E-state index contributed by atoms with van der Waals surface area (Å²) in [5.41, 5.74) is 2.36. The van der Waals surface area contributed by atoms with Crippen molar-refractivity contribution in [2.24, 2.45) is 0 Å². The zero-order valence-corrected chi connectivity index (χ0v) is 14.1. The fourth-order valence-corrected chi connectivity index (χ4v) is 2.94. The SMILES string of the molecule is CC(C)=CCc1c(O)cc(O)c2c1OCC(c1ccc(O)cc1)C2=O. The van der Waals surface area contributed by atoms with E-state index >= 15 is 0 Å². The highest BCUT2D eigenvalue weighted by Gasteiger charge is 2.35. The number of allylic oxidation sites excluding steroid dienone is 2. The first-order chi connectivity index (χ1) is 11.9. The first-order valence-electron chi connectivity index (χ1n) is 8.05. The van der Waals surface area contributed by atoms with Crippen molar-refractivity contribution in [2.75, 3.05) is 6.61 Å². The van der Waals surface area contributed by atoms with Crippen LogP contribution in [0.1, 0.15) is 41.3 Å².